The highest BCUT2D eigenvalue weighted by molar-refractivity contribution is 7.99. The number of thioether (sulfide) groups is 1. The second kappa shape index (κ2) is 5.98. The number of rotatable bonds is 3. The molecule has 1 aliphatic heterocycles. The normalized spacial score (nSPS) is 20.7. The first-order valence-electron chi connectivity index (χ1n) is 7.34. The lowest BCUT2D eigenvalue weighted by Crippen LogP contribution is -2.42. The van der Waals surface area contributed by atoms with Crippen LogP contribution in [0.1, 0.15) is 17.8 Å². The summed E-state index contributed by atoms with van der Waals surface area (Å²) in [4.78, 5) is 12.1. The van der Waals surface area contributed by atoms with Crippen molar-refractivity contribution in [1.29, 1.82) is 0 Å². The maximum Gasteiger partial charge on any atom is 0.257 e. The van der Waals surface area contributed by atoms with Crippen molar-refractivity contribution in [3.63, 3.8) is 0 Å². The molecular formula is C16H18FN3O2S. The molecule has 1 fully saturated rings. The molecule has 2 N–H and O–H groups in total. The molecule has 0 spiro atoms. The Morgan fingerprint density at radius 1 is 1.43 bits per heavy atom. The number of hydrogen-bond donors (Lipinski definition) is 2. The molecule has 1 aromatic heterocycles. The van der Waals surface area contributed by atoms with E-state index in [2.05, 4.69) is 10.4 Å². The van der Waals surface area contributed by atoms with Crippen LogP contribution in [0.25, 0.3) is 5.69 Å². The van der Waals surface area contributed by atoms with Crippen molar-refractivity contribution >= 4 is 23.4 Å². The third kappa shape index (κ3) is 3.11. The number of nitrogens with one attached hydrogen (secondary N) is 1. The van der Waals surface area contributed by atoms with E-state index < -0.39 is 17.3 Å². The van der Waals surface area contributed by atoms with Crippen LogP contribution in [0.15, 0.2) is 24.3 Å². The summed E-state index contributed by atoms with van der Waals surface area (Å²) in [5, 5.41) is 17.1. The van der Waals surface area contributed by atoms with Gasteiger partial charge in [0.05, 0.1) is 5.69 Å². The number of benzene rings is 1. The van der Waals surface area contributed by atoms with Crippen LogP contribution in [-0.4, -0.2) is 37.9 Å². The Kier molecular flexibility index (Phi) is 4.16. The highest BCUT2D eigenvalue weighted by Crippen LogP contribution is 2.29. The Labute approximate surface area is 137 Å². The van der Waals surface area contributed by atoms with Gasteiger partial charge in [-0.05, 0) is 50.3 Å². The van der Waals surface area contributed by atoms with Crippen LogP contribution in [0.3, 0.4) is 0 Å². The third-order valence-electron chi connectivity index (χ3n) is 3.87. The molecule has 1 amide bonds. The van der Waals surface area contributed by atoms with Gasteiger partial charge < -0.3 is 10.4 Å². The molecule has 1 aromatic carbocycles. The van der Waals surface area contributed by atoms with Gasteiger partial charge in [-0.15, -0.1) is 0 Å². The summed E-state index contributed by atoms with van der Waals surface area (Å²) >= 11 is 1.53. The fourth-order valence-corrected chi connectivity index (χ4v) is 3.85. The lowest BCUT2D eigenvalue weighted by molar-refractivity contribution is -0.131. The topological polar surface area (TPSA) is 67.2 Å². The number of amides is 1. The molecule has 2 heterocycles. The first kappa shape index (κ1) is 16.0. The van der Waals surface area contributed by atoms with E-state index in [4.69, 9.17) is 0 Å². The summed E-state index contributed by atoms with van der Waals surface area (Å²) in [6.45, 7) is 3.69. The second-order valence-electron chi connectivity index (χ2n) is 5.79. The summed E-state index contributed by atoms with van der Waals surface area (Å²) in [5.74, 6) is 0.142. The van der Waals surface area contributed by atoms with Crippen molar-refractivity contribution in [2.45, 2.75) is 25.9 Å². The number of anilines is 1. The molecular weight excluding hydrogens is 317 g/mol. The van der Waals surface area contributed by atoms with Gasteiger partial charge in [-0.25, -0.2) is 9.07 Å². The maximum atomic E-state index is 14.4. The molecule has 7 heteroatoms. The van der Waals surface area contributed by atoms with Gasteiger partial charge in [0.25, 0.3) is 5.91 Å². The van der Waals surface area contributed by atoms with Crippen LogP contribution in [0.5, 0.6) is 0 Å². The standard InChI is InChI=1S/C16H18FN3O2S/c1-10-7-11(2)20(19-10)14-4-3-12(8-13(14)17)18-15(21)16(22)5-6-23-9-16/h3-4,7-8,22H,5-6,9H2,1-2H3,(H,18,21). The Bertz CT molecular complexity index is 754. The zero-order valence-corrected chi connectivity index (χ0v) is 13.8. The first-order valence-corrected chi connectivity index (χ1v) is 8.49. The van der Waals surface area contributed by atoms with E-state index in [0.717, 1.165) is 17.1 Å². The quantitative estimate of drug-likeness (QED) is 0.904. The van der Waals surface area contributed by atoms with Crippen molar-refractivity contribution in [3.05, 3.63) is 41.5 Å². The number of hydrogen-bond acceptors (Lipinski definition) is 4. The number of aryl methyl sites for hydroxylation is 2. The molecule has 5 nitrogen and oxygen atoms in total. The summed E-state index contributed by atoms with van der Waals surface area (Å²) < 4.78 is 15.9. The summed E-state index contributed by atoms with van der Waals surface area (Å²) in [6, 6.07) is 6.29. The van der Waals surface area contributed by atoms with E-state index in [1.165, 1.54) is 22.5 Å². The van der Waals surface area contributed by atoms with Crippen LogP contribution in [0.4, 0.5) is 10.1 Å². The average molecular weight is 335 g/mol. The molecule has 23 heavy (non-hydrogen) atoms. The maximum absolute atomic E-state index is 14.4. The number of carbonyl (C=O) groups is 1. The number of aliphatic hydroxyl groups is 1. The van der Waals surface area contributed by atoms with E-state index in [0.29, 0.717) is 23.5 Å². The Hall–Kier alpha value is -1.86. The zero-order valence-electron chi connectivity index (χ0n) is 13.0. The molecule has 1 saturated heterocycles. The number of carbonyl (C=O) groups excluding carboxylic acids is 1. The summed E-state index contributed by atoms with van der Waals surface area (Å²) in [6.07, 6.45) is 0.413. The van der Waals surface area contributed by atoms with Crippen molar-refractivity contribution in [3.8, 4) is 5.69 Å². The minimum Gasteiger partial charge on any atom is -0.379 e. The van der Waals surface area contributed by atoms with Gasteiger partial charge in [-0.2, -0.15) is 16.9 Å². The zero-order chi connectivity index (χ0) is 16.6. The highest BCUT2D eigenvalue weighted by Gasteiger charge is 2.39. The number of aromatic nitrogens is 2. The van der Waals surface area contributed by atoms with Crippen LogP contribution in [0.2, 0.25) is 0 Å². The second-order valence-corrected chi connectivity index (χ2v) is 6.90. The van der Waals surface area contributed by atoms with Gasteiger partial charge >= 0.3 is 0 Å². The van der Waals surface area contributed by atoms with Gasteiger partial charge in [-0.3, -0.25) is 4.79 Å². The predicted octanol–water partition coefficient (Wildman–Crippen LogP) is 2.43. The molecule has 0 radical (unpaired) electrons. The van der Waals surface area contributed by atoms with E-state index in [1.54, 1.807) is 12.1 Å². The Balaban J connectivity index is 1.82. The van der Waals surface area contributed by atoms with Crippen molar-refractivity contribution in [2.75, 3.05) is 16.8 Å². The summed E-state index contributed by atoms with van der Waals surface area (Å²) in [7, 11) is 0. The molecule has 3 rings (SSSR count). The highest BCUT2D eigenvalue weighted by atomic mass is 32.2. The van der Waals surface area contributed by atoms with Gasteiger partial charge in [0.1, 0.15) is 5.69 Å². The number of nitrogens with zero attached hydrogens (tertiary/aromatic N) is 2. The molecule has 0 bridgehead atoms. The molecule has 122 valence electrons. The van der Waals surface area contributed by atoms with Crippen LogP contribution >= 0.6 is 11.8 Å². The lowest BCUT2D eigenvalue weighted by Gasteiger charge is -2.20. The molecule has 0 aliphatic carbocycles. The van der Waals surface area contributed by atoms with Gasteiger partial charge in [0.15, 0.2) is 11.4 Å². The molecule has 0 saturated carbocycles. The smallest absolute Gasteiger partial charge is 0.257 e. The van der Waals surface area contributed by atoms with E-state index in [-0.39, 0.29) is 0 Å². The number of halogens is 1. The van der Waals surface area contributed by atoms with Gasteiger partial charge in [0, 0.05) is 17.1 Å². The van der Waals surface area contributed by atoms with Gasteiger partial charge in [-0.1, -0.05) is 0 Å². The molecule has 1 atom stereocenters. The van der Waals surface area contributed by atoms with Crippen LogP contribution in [-0.2, 0) is 4.79 Å². The van der Waals surface area contributed by atoms with E-state index in [9.17, 15) is 14.3 Å². The van der Waals surface area contributed by atoms with Crippen molar-refractivity contribution < 1.29 is 14.3 Å². The van der Waals surface area contributed by atoms with Crippen LogP contribution < -0.4 is 5.32 Å². The Morgan fingerprint density at radius 2 is 2.22 bits per heavy atom. The molecule has 2 aromatic rings. The predicted molar refractivity (Wildman–Crippen MR) is 88.5 cm³/mol. The third-order valence-corrected chi connectivity index (χ3v) is 5.04. The minimum absolute atomic E-state index is 0.322. The SMILES string of the molecule is Cc1cc(C)n(-c2ccc(NC(=O)C3(O)CCSC3)cc2F)n1. The first-order chi connectivity index (χ1) is 10.9. The van der Waals surface area contributed by atoms with E-state index >= 15 is 0 Å². The van der Waals surface area contributed by atoms with E-state index in [1.807, 2.05) is 19.9 Å². The fraction of sp³-hybridized carbons (Fsp3) is 0.375. The van der Waals surface area contributed by atoms with Gasteiger partial charge in [0.2, 0.25) is 0 Å². The van der Waals surface area contributed by atoms with Crippen molar-refractivity contribution in [1.82, 2.24) is 9.78 Å². The largest absolute Gasteiger partial charge is 0.379 e. The minimum atomic E-state index is -1.37. The van der Waals surface area contributed by atoms with Crippen molar-refractivity contribution in [2.24, 2.45) is 0 Å². The average Bonchev–Trinajstić information content (AvgIpc) is 3.06. The summed E-state index contributed by atoms with van der Waals surface area (Å²) in [5.41, 5.74) is 0.915. The monoisotopic (exact) mass is 335 g/mol. The Morgan fingerprint density at radius 3 is 2.78 bits per heavy atom. The van der Waals surface area contributed by atoms with Crippen LogP contribution in [0, 0.1) is 19.7 Å². The molecule has 1 unspecified atom stereocenters. The lowest BCUT2D eigenvalue weighted by atomic mass is 10.0. The molecule has 1 aliphatic rings. The fourth-order valence-electron chi connectivity index (χ4n) is 2.61.